The molecule has 216 valence electrons. The molecule has 3 aliphatic heterocycles. The van der Waals surface area contributed by atoms with Gasteiger partial charge in [0.1, 0.15) is 11.5 Å². The van der Waals surface area contributed by atoms with Crippen LogP contribution in [0.5, 0.6) is 11.5 Å². The van der Waals surface area contributed by atoms with E-state index < -0.39 is 0 Å². The van der Waals surface area contributed by atoms with Crippen LogP contribution in [-0.4, -0.2) is 47.9 Å². The zero-order valence-electron chi connectivity index (χ0n) is 23.4. The third-order valence-electron chi connectivity index (χ3n) is 8.50. The zero-order chi connectivity index (χ0) is 28.5. The maximum absolute atomic E-state index is 13.7. The molecule has 0 radical (unpaired) electrons. The van der Waals surface area contributed by atoms with Crippen molar-refractivity contribution in [2.45, 2.75) is 75.9 Å². The van der Waals surface area contributed by atoms with Crippen LogP contribution < -0.4 is 30.9 Å². The Hall–Kier alpha value is -3.50. The Morgan fingerprint density at radius 2 is 1.78 bits per heavy atom. The number of hydrogen-bond acceptors (Lipinski definition) is 6. The number of carbonyl (C=O) groups is 3. The first-order valence-electron chi connectivity index (χ1n) is 14.6. The second-order valence-electron chi connectivity index (χ2n) is 11.2. The molecule has 3 fully saturated rings. The molecule has 41 heavy (non-hydrogen) atoms. The van der Waals surface area contributed by atoms with Crippen LogP contribution in [0, 0.1) is 12.8 Å². The monoisotopic (exact) mass is 575 g/mol. The quantitative estimate of drug-likeness (QED) is 0.386. The molecule has 1 saturated carbocycles. The fourth-order valence-corrected chi connectivity index (χ4v) is 7.91. The Balaban J connectivity index is 1.22. The van der Waals surface area contributed by atoms with Gasteiger partial charge < -0.3 is 26.0 Å². The number of aryl methyl sites for hydroxylation is 1. The van der Waals surface area contributed by atoms with E-state index in [-0.39, 0.29) is 47.3 Å². The molecule has 3 heterocycles. The summed E-state index contributed by atoms with van der Waals surface area (Å²) in [5.41, 5.74) is 2.49. The first-order valence-corrected chi connectivity index (χ1v) is 15.5. The van der Waals surface area contributed by atoms with Gasteiger partial charge in [0.2, 0.25) is 5.91 Å². The summed E-state index contributed by atoms with van der Waals surface area (Å²) in [7, 11) is 0. The van der Waals surface area contributed by atoms with Crippen LogP contribution >= 0.6 is 11.8 Å². The van der Waals surface area contributed by atoms with Gasteiger partial charge in [-0.05, 0) is 68.6 Å². The Kier molecular flexibility index (Phi) is 7.94. The Morgan fingerprint density at radius 1 is 1.02 bits per heavy atom. The predicted molar refractivity (Wildman–Crippen MR) is 160 cm³/mol. The second kappa shape index (κ2) is 11.8. The van der Waals surface area contributed by atoms with Gasteiger partial charge in [0.05, 0.1) is 16.3 Å². The summed E-state index contributed by atoms with van der Waals surface area (Å²) in [5, 5.41) is 13.0. The van der Waals surface area contributed by atoms with Gasteiger partial charge in [-0.1, -0.05) is 49.7 Å². The number of para-hydroxylation sites is 1. The van der Waals surface area contributed by atoms with E-state index in [1.807, 2.05) is 67.3 Å². The maximum atomic E-state index is 13.7. The molecule has 4 amide bonds. The molecule has 0 spiro atoms. The number of ether oxygens (including phenoxy) is 1. The fraction of sp³-hybridized carbons (Fsp3) is 0.452. The maximum Gasteiger partial charge on any atom is 0.326 e. The Bertz CT molecular complexity index is 1370. The highest BCUT2D eigenvalue weighted by molar-refractivity contribution is 8.04. The van der Waals surface area contributed by atoms with E-state index in [1.54, 1.807) is 0 Å². The number of nitrogens with one attached hydrogen (secondary N) is 4. The van der Waals surface area contributed by atoms with E-state index in [1.165, 1.54) is 11.8 Å². The number of benzene rings is 2. The molecule has 0 aromatic heterocycles. The summed E-state index contributed by atoms with van der Waals surface area (Å²) in [6.07, 6.45) is 4.92. The number of piperidine rings is 1. The summed E-state index contributed by atoms with van der Waals surface area (Å²) in [5.74, 6) is 1.27. The number of anilines is 1. The summed E-state index contributed by atoms with van der Waals surface area (Å²) in [6, 6.07) is 14.9. The van der Waals surface area contributed by atoms with Crippen LogP contribution in [0.1, 0.15) is 51.0 Å². The normalized spacial score (nSPS) is 27.1. The number of hydrogen-bond donors (Lipinski definition) is 4. The van der Waals surface area contributed by atoms with E-state index in [4.69, 9.17) is 4.74 Å². The number of urea groups is 1. The zero-order valence-corrected chi connectivity index (χ0v) is 24.3. The number of carbonyl (C=O) groups excluding carboxylic acids is 3. The van der Waals surface area contributed by atoms with Crippen LogP contribution in [0.3, 0.4) is 0 Å². The van der Waals surface area contributed by atoms with Gasteiger partial charge >= 0.3 is 6.03 Å². The van der Waals surface area contributed by atoms with Crippen molar-refractivity contribution < 1.29 is 19.1 Å². The molecule has 3 unspecified atom stereocenters. The van der Waals surface area contributed by atoms with Crippen molar-refractivity contribution in [1.82, 2.24) is 21.3 Å². The van der Waals surface area contributed by atoms with Crippen molar-refractivity contribution in [1.29, 1.82) is 0 Å². The largest absolute Gasteiger partial charge is 0.457 e. The van der Waals surface area contributed by atoms with Crippen molar-refractivity contribution in [3.63, 3.8) is 0 Å². The lowest BCUT2D eigenvalue weighted by Crippen LogP contribution is -2.62. The molecule has 2 aromatic rings. The molecule has 6 rings (SSSR count). The number of rotatable bonds is 7. The fourth-order valence-electron chi connectivity index (χ4n) is 6.51. The van der Waals surface area contributed by atoms with Crippen molar-refractivity contribution >= 4 is 35.3 Å². The van der Waals surface area contributed by atoms with Crippen LogP contribution in [0.2, 0.25) is 0 Å². The lowest BCUT2D eigenvalue weighted by Gasteiger charge is -2.46. The minimum absolute atomic E-state index is 0.000990. The highest BCUT2D eigenvalue weighted by atomic mass is 32.2. The molecule has 0 bridgehead atoms. The summed E-state index contributed by atoms with van der Waals surface area (Å²) in [4.78, 5) is 41.8. The number of amides is 4. The lowest BCUT2D eigenvalue weighted by atomic mass is 9.86. The van der Waals surface area contributed by atoms with Crippen molar-refractivity contribution in [3.05, 3.63) is 64.7 Å². The highest BCUT2D eigenvalue weighted by Crippen LogP contribution is 2.48. The SMILES string of the molecule is CCC(=O)N[C@@H]1CCCC[C@@H]1NC(=O)C1=C2NC(=O)N(c3ccc(Oc4ccccc4)cc3C)C3CCNC(S1)C23. The number of thioether (sulfide) groups is 1. The highest BCUT2D eigenvalue weighted by Gasteiger charge is 2.52. The summed E-state index contributed by atoms with van der Waals surface area (Å²) < 4.78 is 6.01. The van der Waals surface area contributed by atoms with Gasteiger partial charge in [-0.3, -0.25) is 14.5 Å². The molecular formula is C31H37N5O4S. The van der Waals surface area contributed by atoms with Crippen LogP contribution in [0.15, 0.2) is 59.1 Å². The van der Waals surface area contributed by atoms with Crippen LogP contribution in [0.25, 0.3) is 0 Å². The summed E-state index contributed by atoms with van der Waals surface area (Å²) in [6.45, 7) is 4.58. The molecule has 2 saturated heterocycles. The minimum Gasteiger partial charge on any atom is -0.457 e. The first-order chi connectivity index (χ1) is 19.9. The molecule has 4 N–H and O–H groups in total. The lowest BCUT2D eigenvalue weighted by molar-refractivity contribution is -0.123. The van der Waals surface area contributed by atoms with Gasteiger partial charge in [-0.15, -0.1) is 0 Å². The topological polar surface area (TPSA) is 112 Å². The second-order valence-corrected chi connectivity index (χ2v) is 12.3. The van der Waals surface area contributed by atoms with Gasteiger partial charge in [0.25, 0.3) is 5.91 Å². The van der Waals surface area contributed by atoms with E-state index in [9.17, 15) is 14.4 Å². The third-order valence-corrected chi connectivity index (χ3v) is 9.86. The van der Waals surface area contributed by atoms with Gasteiger partial charge in [0, 0.05) is 35.8 Å². The average molecular weight is 576 g/mol. The Morgan fingerprint density at radius 3 is 2.51 bits per heavy atom. The molecule has 9 nitrogen and oxygen atoms in total. The predicted octanol–water partition coefficient (Wildman–Crippen LogP) is 4.53. The van der Waals surface area contributed by atoms with Crippen molar-refractivity contribution in [2.24, 2.45) is 5.92 Å². The van der Waals surface area contributed by atoms with Crippen molar-refractivity contribution in [3.8, 4) is 11.5 Å². The smallest absolute Gasteiger partial charge is 0.326 e. The molecule has 5 atom stereocenters. The number of nitrogens with zero attached hydrogens (tertiary/aromatic N) is 1. The average Bonchev–Trinajstić information content (AvgIpc) is 3.35. The van der Waals surface area contributed by atoms with Gasteiger partial charge in [0.15, 0.2) is 0 Å². The molecule has 10 heteroatoms. The molecule has 4 aliphatic rings. The van der Waals surface area contributed by atoms with Crippen LogP contribution in [-0.2, 0) is 9.59 Å². The minimum atomic E-state index is -0.222. The van der Waals surface area contributed by atoms with E-state index in [0.717, 1.165) is 55.6 Å². The van der Waals surface area contributed by atoms with Crippen molar-refractivity contribution in [2.75, 3.05) is 11.4 Å². The molecule has 1 aliphatic carbocycles. The standard InChI is InChI=1S/C31H37N5O4S/c1-3-25(37)33-21-11-7-8-12-22(21)34-29(38)28-27-26-24(15-16-32-30(26)41-28)36(31(39)35-27)23-14-13-20(17-18(23)2)40-19-9-5-4-6-10-19/h4-6,9-10,13-14,17,21-22,24,26,30,32H,3,7-8,11-12,15-16H2,1-2H3,(H,33,37)(H,34,38)(H,35,39)/t21-,22+,24?,26?,30?/m1/s1. The third kappa shape index (κ3) is 5.55. The summed E-state index contributed by atoms with van der Waals surface area (Å²) >= 11 is 1.50. The van der Waals surface area contributed by atoms with Crippen LogP contribution in [0.4, 0.5) is 10.5 Å². The van der Waals surface area contributed by atoms with Gasteiger partial charge in [-0.2, -0.15) is 0 Å². The molecule has 2 aromatic carbocycles. The first kappa shape index (κ1) is 27.7. The molecular weight excluding hydrogens is 538 g/mol. The van der Waals surface area contributed by atoms with E-state index in [0.29, 0.717) is 22.8 Å². The van der Waals surface area contributed by atoms with E-state index in [2.05, 4.69) is 21.3 Å². The Labute approximate surface area is 244 Å². The van der Waals surface area contributed by atoms with E-state index >= 15 is 0 Å². The van der Waals surface area contributed by atoms with Gasteiger partial charge in [-0.25, -0.2) is 4.79 Å².